The van der Waals surface area contributed by atoms with E-state index < -0.39 is 0 Å². The van der Waals surface area contributed by atoms with Gasteiger partial charge in [0.05, 0.1) is 13.2 Å². The van der Waals surface area contributed by atoms with Gasteiger partial charge in [-0.3, -0.25) is 0 Å². The molecule has 1 aromatic rings. The van der Waals surface area contributed by atoms with Crippen molar-refractivity contribution < 1.29 is 9.47 Å². The highest BCUT2D eigenvalue weighted by atomic mass is 79.9. The summed E-state index contributed by atoms with van der Waals surface area (Å²) >= 11 is 3.54. The third-order valence-corrected chi connectivity index (χ3v) is 3.35. The summed E-state index contributed by atoms with van der Waals surface area (Å²) in [7, 11) is 1.71. The molecular weight excluding hydrogens is 318 g/mol. The highest BCUT2D eigenvalue weighted by molar-refractivity contribution is 9.10. The molecule has 0 aliphatic rings. The van der Waals surface area contributed by atoms with Gasteiger partial charge in [-0.05, 0) is 31.5 Å². The maximum atomic E-state index is 5.94. The molecule has 0 fully saturated rings. The summed E-state index contributed by atoms with van der Waals surface area (Å²) in [5.41, 5.74) is 3.44. The minimum atomic E-state index is 0.670. The summed E-state index contributed by atoms with van der Waals surface area (Å²) in [6, 6.07) is 4.18. The number of hydrogen-bond acceptors (Lipinski definition) is 3. The average molecular weight is 342 g/mol. The molecule has 20 heavy (non-hydrogen) atoms. The van der Waals surface area contributed by atoms with Crippen molar-refractivity contribution in [2.45, 2.75) is 26.8 Å². The van der Waals surface area contributed by atoms with Gasteiger partial charge in [0.25, 0.3) is 0 Å². The van der Waals surface area contributed by atoms with Crippen LogP contribution >= 0.6 is 15.9 Å². The van der Waals surface area contributed by atoms with Crippen LogP contribution in [0.2, 0.25) is 0 Å². The Balaban J connectivity index is 2.71. The van der Waals surface area contributed by atoms with Gasteiger partial charge in [0, 0.05) is 36.7 Å². The Morgan fingerprint density at radius 3 is 2.75 bits per heavy atom. The molecule has 1 N–H and O–H groups in total. The van der Waals surface area contributed by atoms with Gasteiger partial charge < -0.3 is 14.8 Å². The molecule has 0 heterocycles. The van der Waals surface area contributed by atoms with E-state index in [4.69, 9.17) is 9.47 Å². The minimum absolute atomic E-state index is 0.670. The van der Waals surface area contributed by atoms with Gasteiger partial charge in [0.2, 0.25) is 0 Å². The quantitative estimate of drug-likeness (QED) is 0.546. The average Bonchev–Trinajstić information content (AvgIpc) is 2.37. The Bertz CT molecular complexity index is 446. The third kappa shape index (κ3) is 6.07. The Hall–Kier alpha value is -0.840. The molecule has 0 saturated carbocycles. The first-order valence-electron chi connectivity index (χ1n) is 6.80. The molecule has 0 bridgehead atoms. The van der Waals surface area contributed by atoms with Gasteiger partial charge in [-0.15, -0.1) is 6.58 Å². The number of ether oxygens (including phenoxy) is 2. The number of aryl methyl sites for hydroxylation is 1. The van der Waals surface area contributed by atoms with E-state index in [-0.39, 0.29) is 0 Å². The highest BCUT2D eigenvalue weighted by Crippen LogP contribution is 2.28. The summed E-state index contributed by atoms with van der Waals surface area (Å²) in [5, 5.41) is 3.35. The third-order valence-electron chi connectivity index (χ3n) is 2.89. The van der Waals surface area contributed by atoms with E-state index in [1.807, 2.05) is 6.92 Å². The van der Waals surface area contributed by atoms with Crippen LogP contribution in [0.1, 0.15) is 24.5 Å². The molecule has 0 spiro atoms. The molecule has 0 aliphatic carbocycles. The molecule has 0 unspecified atom stereocenters. The summed E-state index contributed by atoms with van der Waals surface area (Å²) in [4.78, 5) is 0. The second-order valence-corrected chi connectivity index (χ2v) is 5.85. The summed E-state index contributed by atoms with van der Waals surface area (Å²) in [6.07, 6.45) is 0.881. The molecule has 0 atom stereocenters. The topological polar surface area (TPSA) is 30.5 Å². The van der Waals surface area contributed by atoms with E-state index in [9.17, 15) is 0 Å². The lowest BCUT2D eigenvalue weighted by Crippen LogP contribution is -2.19. The van der Waals surface area contributed by atoms with Crippen LogP contribution in [0, 0.1) is 6.92 Å². The van der Waals surface area contributed by atoms with Crippen LogP contribution in [0.3, 0.4) is 0 Å². The molecule has 0 amide bonds. The molecule has 1 aromatic carbocycles. The van der Waals surface area contributed by atoms with Crippen LogP contribution in [0.15, 0.2) is 28.8 Å². The van der Waals surface area contributed by atoms with Gasteiger partial charge in [-0.2, -0.15) is 0 Å². The fourth-order valence-corrected chi connectivity index (χ4v) is 2.48. The second kappa shape index (κ2) is 9.16. The van der Waals surface area contributed by atoms with Gasteiger partial charge in [0.1, 0.15) is 5.75 Å². The van der Waals surface area contributed by atoms with Gasteiger partial charge in [-0.25, -0.2) is 0 Å². The van der Waals surface area contributed by atoms with Crippen molar-refractivity contribution in [3.63, 3.8) is 0 Å². The minimum Gasteiger partial charge on any atom is -0.493 e. The Morgan fingerprint density at radius 1 is 1.35 bits per heavy atom. The molecule has 4 heteroatoms. The molecule has 1 rings (SSSR count). The highest BCUT2D eigenvalue weighted by Gasteiger charge is 2.09. The number of hydrogen-bond donors (Lipinski definition) is 1. The standard InChI is InChI=1S/C16H24BrNO2/c1-12(2)5-7-20-16-13(3)9-15(17)10-14(16)11-18-6-8-19-4/h9-10,18H,1,5-8,11H2,2-4H3. The predicted molar refractivity (Wildman–Crippen MR) is 87.4 cm³/mol. The maximum absolute atomic E-state index is 5.94. The van der Waals surface area contributed by atoms with E-state index in [1.54, 1.807) is 7.11 Å². The van der Waals surface area contributed by atoms with Gasteiger partial charge in [0.15, 0.2) is 0 Å². The Kier molecular flexibility index (Phi) is 7.88. The molecule has 0 saturated heterocycles. The molecule has 0 radical (unpaired) electrons. The molecular formula is C16H24BrNO2. The van der Waals surface area contributed by atoms with Crippen molar-refractivity contribution in [3.05, 3.63) is 39.9 Å². The monoisotopic (exact) mass is 341 g/mol. The van der Waals surface area contributed by atoms with E-state index in [2.05, 4.69) is 46.9 Å². The predicted octanol–water partition coefficient (Wildman–Crippen LogP) is 3.84. The van der Waals surface area contributed by atoms with Crippen molar-refractivity contribution >= 4 is 15.9 Å². The zero-order chi connectivity index (χ0) is 15.0. The van der Waals surface area contributed by atoms with Crippen LogP contribution in [-0.4, -0.2) is 26.9 Å². The number of benzene rings is 1. The summed E-state index contributed by atoms with van der Waals surface area (Å²) < 4.78 is 12.0. The maximum Gasteiger partial charge on any atom is 0.126 e. The zero-order valence-electron chi connectivity index (χ0n) is 12.6. The van der Waals surface area contributed by atoms with Crippen molar-refractivity contribution in [3.8, 4) is 5.75 Å². The van der Waals surface area contributed by atoms with Crippen molar-refractivity contribution in [1.82, 2.24) is 5.32 Å². The normalized spacial score (nSPS) is 10.6. The summed E-state index contributed by atoms with van der Waals surface area (Å²) in [5.74, 6) is 0.972. The first kappa shape index (κ1) is 17.2. The van der Waals surface area contributed by atoms with Crippen LogP contribution in [0.4, 0.5) is 0 Å². The summed E-state index contributed by atoms with van der Waals surface area (Å²) in [6.45, 7) is 11.0. The van der Waals surface area contributed by atoms with Gasteiger partial charge in [-0.1, -0.05) is 21.5 Å². The van der Waals surface area contributed by atoms with Crippen molar-refractivity contribution in [1.29, 1.82) is 0 Å². The van der Waals surface area contributed by atoms with E-state index in [0.717, 1.165) is 46.4 Å². The fraction of sp³-hybridized carbons (Fsp3) is 0.500. The SMILES string of the molecule is C=C(C)CCOc1c(C)cc(Br)cc1CNCCOC. The molecule has 0 aliphatic heterocycles. The lowest BCUT2D eigenvalue weighted by atomic mass is 10.1. The number of halogens is 1. The first-order chi connectivity index (χ1) is 9.54. The van der Waals surface area contributed by atoms with E-state index in [1.165, 1.54) is 0 Å². The van der Waals surface area contributed by atoms with Gasteiger partial charge >= 0.3 is 0 Å². The van der Waals surface area contributed by atoms with Crippen LogP contribution in [0.5, 0.6) is 5.75 Å². The molecule has 0 aromatic heterocycles. The fourth-order valence-electron chi connectivity index (χ4n) is 1.86. The lowest BCUT2D eigenvalue weighted by molar-refractivity contribution is 0.199. The van der Waals surface area contributed by atoms with E-state index in [0.29, 0.717) is 13.2 Å². The van der Waals surface area contributed by atoms with Crippen molar-refractivity contribution in [2.24, 2.45) is 0 Å². The lowest BCUT2D eigenvalue weighted by Gasteiger charge is -2.15. The van der Waals surface area contributed by atoms with Crippen LogP contribution in [-0.2, 0) is 11.3 Å². The molecule has 112 valence electrons. The second-order valence-electron chi connectivity index (χ2n) is 4.94. The van der Waals surface area contributed by atoms with Crippen LogP contribution in [0.25, 0.3) is 0 Å². The smallest absolute Gasteiger partial charge is 0.126 e. The zero-order valence-corrected chi connectivity index (χ0v) is 14.2. The first-order valence-corrected chi connectivity index (χ1v) is 7.59. The van der Waals surface area contributed by atoms with Crippen LogP contribution < -0.4 is 10.1 Å². The number of nitrogens with one attached hydrogen (secondary N) is 1. The number of methoxy groups -OCH3 is 1. The van der Waals surface area contributed by atoms with Crippen molar-refractivity contribution in [2.75, 3.05) is 26.9 Å². The number of rotatable bonds is 9. The Morgan fingerprint density at radius 2 is 2.10 bits per heavy atom. The Labute approximate surface area is 130 Å². The largest absolute Gasteiger partial charge is 0.493 e. The molecule has 3 nitrogen and oxygen atoms in total. The van der Waals surface area contributed by atoms with E-state index >= 15 is 0 Å².